The Labute approximate surface area is 113 Å². The molecule has 3 nitrogen and oxygen atoms in total. The molecule has 0 saturated carbocycles. The fourth-order valence-corrected chi connectivity index (χ4v) is 2.10. The van der Waals surface area contributed by atoms with Gasteiger partial charge in [0.25, 0.3) is 0 Å². The van der Waals surface area contributed by atoms with E-state index in [1.807, 2.05) is 38.1 Å². The van der Waals surface area contributed by atoms with Crippen molar-refractivity contribution in [1.82, 2.24) is 4.98 Å². The zero-order valence-electron chi connectivity index (χ0n) is 11.4. The summed E-state index contributed by atoms with van der Waals surface area (Å²) in [5, 5.41) is 0. The fourth-order valence-electron chi connectivity index (χ4n) is 2.10. The number of rotatable bonds is 3. The normalized spacial score (nSPS) is 10.3. The Morgan fingerprint density at radius 3 is 2.47 bits per heavy atom. The third kappa shape index (κ3) is 2.65. The summed E-state index contributed by atoms with van der Waals surface area (Å²) in [6.07, 6.45) is 2.43. The third-order valence-electron chi connectivity index (χ3n) is 3.11. The van der Waals surface area contributed by atoms with E-state index in [4.69, 9.17) is 4.74 Å². The van der Waals surface area contributed by atoms with E-state index in [1.54, 1.807) is 12.3 Å². The lowest BCUT2D eigenvalue weighted by molar-refractivity contribution is 0.0601. The van der Waals surface area contributed by atoms with Gasteiger partial charge in [-0.3, -0.25) is 4.98 Å². The first-order valence-electron chi connectivity index (χ1n) is 6.30. The predicted molar refractivity (Wildman–Crippen MR) is 75.1 cm³/mol. The Hall–Kier alpha value is -2.16. The van der Waals surface area contributed by atoms with Crippen LogP contribution in [0.25, 0.3) is 11.1 Å². The summed E-state index contributed by atoms with van der Waals surface area (Å²) in [5.74, 6) is -0.326. The zero-order valence-corrected chi connectivity index (χ0v) is 11.4. The zero-order chi connectivity index (χ0) is 13.8. The Morgan fingerprint density at radius 1 is 1.21 bits per heavy atom. The summed E-state index contributed by atoms with van der Waals surface area (Å²) in [7, 11) is 1.40. The van der Waals surface area contributed by atoms with Crippen LogP contribution >= 0.6 is 0 Å². The van der Waals surface area contributed by atoms with Gasteiger partial charge in [-0.15, -0.1) is 0 Å². The lowest BCUT2D eigenvalue weighted by atomic mass is 9.96. The highest BCUT2D eigenvalue weighted by molar-refractivity contribution is 5.97. The highest BCUT2D eigenvalue weighted by Gasteiger charge is 2.16. The van der Waals surface area contributed by atoms with Crippen LogP contribution in [0.2, 0.25) is 0 Å². The standard InChI is InChI=1S/C16H17NO2/c1-4-14-15(12-7-5-11(2)6-8-12)13(9-10-17-14)16(18)19-3/h5-10H,4H2,1-3H3. The maximum atomic E-state index is 11.9. The monoisotopic (exact) mass is 255 g/mol. The lowest BCUT2D eigenvalue weighted by Crippen LogP contribution is -2.07. The van der Waals surface area contributed by atoms with Gasteiger partial charge in [-0.05, 0) is 25.0 Å². The molecule has 1 aromatic carbocycles. The molecule has 0 atom stereocenters. The summed E-state index contributed by atoms with van der Waals surface area (Å²) in [6.45, 7) is 4.07. The second kappa shape index (κ2) is 5.65. The lowest BCUT2D eigenvalue weighted by Gasteiger charge is -2.12. The first-order chi connectivity index (χ1) is 9.17. The molecule has 3 heteroatoms. The number of hydrogen-bond donors (Lipinski definition) is 0. The molecule has 1 heterocycles. The quantitative estimate of drug-likeness (QED) is 0.789. The smallest absolute Gasteiger partial charge is 0.338 e. The topological polar surface area (TPSA) is 39.2 Å². The van der Waals surface area contributed by atoms with Crippen LogP contribution in [0.5, 0.6) is 0 Å². The second-order valence-corrected chi connectivity index (χ2v) is 4.39. The van der Waals surface area contributed by atoms with E-state index < -0.39 is 0 Å². The van der Waals surface area contributed by atoms with Gasteiger partial charge < -0.3 is 4.74 Å². The number of hydrogen-bond acceptors (Lipinski definition) is 3. The molecule has 0 aliphatic rings. The van der Waals surface area contributed by atoms with Gasteiger partial charge in [0, 0.05) is 17.5 Å². The number of carbonyl (C=O) groups is 1. The van der Waals surface area contributed by atoms with Crippen molar-refractivity contribution in [2.75, 3.05) is 7.11 Å². The number of ether oxygens (including phenoxy) is 1. The molecule has 0 aliphatic carbocycles. The Morgan fingerprint density at radius 2 is 1.89 bits per heavy atom. The van der Waals surface area contributed by atoms with Crippen molar-refractivity contribution in [2.45, 2.75) is 20.3 Å². The van der Waals surface area contributed by atoms with Crippen molar-refractivity contribution >= 4 is 5.97 Å². The minimum absolute atomic E-state index is 0.326. The fraction of sp³-hybridized carbons (Fsp3) is 0.250. The van der Waals surface area contributed by atoms with Crippen LogP contribution in [0.4, 0.5) is 0 Å². The van der Waals surface area contributed by atoms with Gasteiger partial charge >= 0.3 is 5.97 Å². The number of pyridine rings is 1. The number of methoxy groups -OCH3 is 1. The molecule has 0 radical (unpaired) electrons. The van der Waals surface area contributed by atoms with Gasteiger partial charge in [-0.25, -0.2) is 4.79 Å². The van der Waals surface area contributed by atoms with E-state index in [9.17, 15) is 4.79 Å². The van der Waals surface area contributed by atoms with Crippen LogP contribution < -0.4 is 0 Å². The van der Waals surface area contributed by atoms with E-state index in [-0.39, 0.29) is 5.97 Å². The Balaban J connectivity index is 2.65. The molecule has 0 bridgehead atoms. The molecule has 0 fully saturated rings. The summed E-state index contributed by atoms with van der Waals surface area (Å²) >= 11 is 0. The van der Waals surface area contributed by atoms with Crippen molar-refractivity contribution in [3.8, 4) is 11.1 Å². The molecule has 0 amide bonds. The average Bonchev–Trinajstić information content (AvgIpc) is 2.46. The molecule has 2 aromatic rings. The van der Waals surface area contributed by atoms with Crippen LogP contribution in [0.3, 0.4) is 0 Å². The molecule has 0 unspecified atom stereocenters. The van der Waals surface area contributed by atoms with Gasteiger partial charge in [0.2, 0.25) is 0 Å². The molecular formula is C16H17NO2. The number of aryl methyl sites for hydroxylation is 2. The molecule has 98 valence electrons. The minimum Gasteiger partial charge on any atom is -0.465 e. The first-order valence-corrected chi connectivity index (χ1v) is 6.30. The maximum absolute atomic E-state index is 11.9. The maximum Gasteiger partial charge on any atom is 0.338 e. The van der Waals surface area contributed by atoms with Gasteiger partial charge in [-0.1, -0.05) is 36.8 Å². The number of aromatic nitrogens is 1. The van der Waals surface area contributed by atoms with Crippen molar-refractivity contribution in [3.63, 3.8) is 0 Å². The summed E-state index contributed by atoms with van der Waals surface area (Å²) in [4.78, 5) is 16.3. The summed E-state index contributed by atoms with van der Waals surface area (Å²) in [6, 6.07) is 9.79. The van der Waals surface area contributed by atoms with E-state index in [1.165, 1.54) is 12.7 Å². The molecule has 0 saturated heterocycles. The highest BCUT2D eigenvalue weighted by Crippen LogP contribution is 2.27. The summed E-state index contributed by atoms with van der Waals surface area (Å²) in [5.41, 5.74) is 4.53. The first kappa shape index (κ1) is 13.3. The van der Waals surface area contributed by atoms with Crippen LogP contribution in [0.1, 0.15) is 28.5 Å². The Kier molecular flexibility index (Phi) is 3.95. The van der Waals surface area contributed by atoms with Gasteiger partial charge in [0.15, 0.2) is 0 Å². The molecule has 0 spiro atoms. The van der Waals surface area contributed by atoms with Crippen molar-refractivity contribution in [3.05, 3.63) is 53.3 Å². The SMILES string of the molecule is CCc1nccc(C(=O)OC)c1-c1ccc(C)cc1. The molecule has 0 N–H and O–H groups in total. The second-order valence-electron chi connectivity index (χ2n) is 4.39. The number of benzene rings is 1. The number of esters is 1. The van der Waals surface area contributed by atoms with Gasteiger partial charge in [0.05, 0.1) is 12.7 Å². The highest BCUT2D eigenvalue weighted by atomic mass is 16.5. The third-order valence-corrected chi connectivity index (χ3v) is 3.11. The van der Waals surface area contributed by atoms with E-state index in [0.29, 0.717) is 5.56 Å². The number of nitrogens with zero attached hydrogens (tertiary/aromatic N) is 1. The Bertz CT molecular complexity index is 588. The molecule has 19 heavy (non-hydrogen) atoms. The van der Waals surface area contributed by atoms with Gasteiger partial charge in [-0.2, -0.15) is 0 Å². The van der Waals surface area contributed by atoms with Crippen molar-refractivity contribution < 1.29 is 9.53 Å². The van der Waals surface area contributed by atoms with E-state index in [2.05, 4.69) is 4.98 Å². The molecule has 0 aliphatic heterocycles. The van der Waals surface area contributed by atoms with Crippen molar-refractivity contribution in [2.24, 2.45) is 0 Å². The predicted octanol–water partition coefficient (Wildman–Crippen LogP) is 3.41. The van der Waals surface area contributed by atoms with Crippen LogP contribution in [0.15, 0.2) is 36.5 Å². The van der Waals surface area contributed by atoms with Crippen LogP contribution in [-0.2, 0) is 11.2 Å². The molecular weight excluding hydrogens is 238 g/mol. The van der Waals surface area contributed by atoms with Crippen molar-refractivity contribution in [1.29, 1.82) is 0 Å². The molecule has 2 rings (SSSR count). The average molecular weight is 255 g/mol. The molecule has 1 aromatic heterocycles. The minimum atomic E-state index is -0.326. The van der Waals surface area contributed by atoms with Crippen LogP contribution in [-0.4, -0.2) is 18.1 Å². The van der Waals surface area contributed by atoms with E-state index in [0.717, 1.165) is 23.2 Å². The summed E-state index contributed by atoms with van der Waals surface area (Å²) < 4.78 is 4.85. The number of carbonyl (C=O) groups excluding carboxylic acids is 1. The van der Waals surface area contributed by atoms with Crippen LogP contribution in [0, 0.1) is 6.92 Å². The van der Waals surface area contributed by atoms with Gasteiger partial charge in [0.1, 0.15) is 0 Å². The van der Waals surface area contributed by atoms with E-state index >= 15 is 0 Å². The largest absolute Gasteiger partial charge is 0.465 e.